The zero-order valence-electron chi connectivity index (χ0n) is 14.6. The maximum atomic E-state index is 12.5. The summed E-state index contributed by atoms with van der Waals surface area (Å²) < 4.78 is 0.921. The Morgan fingerprint density at radius 3 is 2.68 bits per heavy atom. The Balaban J connectivity index is 2.44. The molecule has 0 bridgehead atoms. The second-order valence-electron chi connectivity index (χ2n) is 6.10. The molecule has 1 heterocycles. The smallest absolute Gasteiger partial charge is 0.335 e. The van der Waals surface area contributed by atoms with E-state index < -0.39 is 5.97 Å². The van der Waals surface area contributed by atoms with Crippen LogP contribution in [0.25, 0.3) is 0 Å². The lowest BCUT2D eigenvalue weighted by Gasteiger charge is -2.15. The third-order valence-electron chi connectivity index (χ3n) is 4.23. The molecule has 0 saturated carbocycles. The number of hydrogen-bond acceptors (Lipinski definition) is 3. The highest BCUT2D eigenvalue weighted by Gasteiger charge is 2.32. The van der Waals surface area contributed by atoms with Gasteiger partial charge < -0.3 is 15.7 Å². The van der Waals surface area contributed by atoms with Gasteiger partial charge in [0.2, 0.25) is 5.91 Å². The summed E-state index contributed by atoms with van der Waals surface area (Å²) in [5, 5.41) is 15.2. The van der Waals surface area contributed by atoms with Gasteiger partial charge in [0.25, 0.3) is 0 Å². The van der Waals surface area contributed by atoms with Crippen LogP contribution in [0.5, 0.6) is 0 Å². The molecule has 1 aliphatic heterocycles. The molecule has 0 fully saturated rings. The SMILES string of the molecule is CCCc1ccc(C(=O)O)cc1CC1C(=O)NC(NC)=C1/C=C(\C)Br. The fraction of sp³-hybridized carbons (Fsp3) is 0.368. The van der Waals surface area contributed by atoms with Gasteiger partial charge in [-0.05, 0) is 53.6 Å². The first kappa shape index (κ1) is 19.2. The minimum Gasteiger partial charge on any atom is -0.478 e. The number of benzene rings is 1. The molecular weight excluding hydrogens is 384 g/mol. The number of halogens is 1. The fourth-order valence-corrected chi connectivity index (χ4v) is 3.32. The minimum atomic E-state index is -0.956. The van der Waals surface area contributed by atoms with Crippen molar-refractivity contribution < 1.29 is 14.7 Å². The number of carbonyl (C=O) groups excluding carboxylic acids is 1. The molecule has 1 aliphatic rings. The molecule has 2 rings (SSSR count). The zero-order chi connectivity index (χ0) is 18.6. The van der Waals surface area contributed by atoms with E-state index in [1.165, 1.54) is 0 Å². The van der Waals surface area contributed by atoms with E-state index in [9.17, 15) is 14.7 Å². The lowest BCUT2D eigenvalue weighted by Crippen LogP contribution is -2.26. The van der Waals surface area contributed by atoms with Crippen molar-refractivity contribution in [1.82, 2.24) is 10.6 Å². The van der Waals surface area contributed by atoms with Gasteiger partial charge in [0, 0.05) is 12.6 Å². The van der Waals surface area contributed by atoms with Crippen LogP contribution in [0.1, 0.15) is 41.8 Å². The number of rotatable bonds is 7. The van der Waals surface area contributed by atoms with Gasteiger partial charge in [-0.1, -0.05) is 35.3 Å². The maximum Gasteiger partial charge on any atom is 0.335 e. The summed E-state index contributed by atoms with van der Waals surface area (Å²) in [5.41, 5.74) is 3.14. The summed E-state index contributed by atoms with van der Waals surface area (Å²) in [6, 6.07) is 5.19. The van der Waals surface area contributed by atoms with Crippen molar-refractivity contribution in [2.75, 3.05) is 7.05 Å². The third-order valence-corrected chi connectivity index (χ3v) is 4.46. The van der Waals surface area contributed by atoms with E-state index in [0.717, 1.165) is 34.0 Å². The van der Waals surface area contributed by atoms with Crippen LogP contribution in [0.4, 0.5) is 0 Å². The van der Waals surface area contributed by atoms with Crippen LogP contribution >= 0.6 is 15.9 Å². The van der Waals surface area contributed by atoms with Crippen LogP contribution < -0.4 is 10.6 Å². The molecule has 1 atom stereocenters. The molecule has 25 heavy (non-hydrogen) atoms. The van der Waals surface area contributed by atoms with Crippen LogP contribution in [0.2, 0.25) is 0 Å². The van der Waals surface area contributed by atoms with E-state index in [1.807, 2.05) is 19.1 Å². The van der Waals surface area contributed by atoms with Crippen LogP contribution in [0, 0.1) is 5.92 Å². The number of aryl methyl sites for hydroxylation is 1. The Morgan fingerprint density at radius 2 is 2.12 bits per heavy atom. The van der Waals surface area contributed by atoms with Gasteiger partial charge in [-0.3, -0.25) is 4.79 Å². The first-order chi connectivity index (χ1) is 11.9. The van der Waals surface area contributed by atoms with Gasteiger partial charge in [-0.25, -0.2) is 4.79 Å². The Kier molecular flexibility index (Phi) is 6.42. The molecule has 1 aromatic rings. The van der Waals surface area contributed by atoms with Crippen molar-refractivity contribution in [3.05, 3.63) is 56.8 Å². The molecule has 5 nitrogen and oxygen atoms in total. The number of hydrogen-bond donors (Lipinski definition) is 3. The average Bonchev–Trinajstić information content (AvgIpc) is 2.84. The Morgan fingerprint density at radius 1 is 1.40 bits per heavy atom. The number of allylic oxidation sites excluding steroid dienone is 2. The van der Waals surface area contributed by atoms with Gasteiger partial charge in [0.1, 0.15) is 5.82 Å². The van der Waals surface area contributed by atoms with Gasteiger partial charge in [0.15, 0.2) is 0 Å². The number of carboxylic acid groups (broad SMARTS) is 1. The highest BCUT2D eigenvalue weighted by molar-refractivity contribution is 9.11. The number of carbonyl (C=O) groups is 2. The topological polar surface area (TPSA) is 78.4 Å². The summed E-state index contributed by atoms with van der Waals surface area (Å²) in [6.07, 6.45) is 4.21. The predicted molar refractivity (Wildman–Crippen MR) is 102 cm³/mol. The molecule has 3 N–H and O–H groups in total. The van der Waals surface area contributed by atoms with E-state index in [-0.39, 0.29) is 17.4 Å². The first-order valence-electron chi connectivity index (χ1n) is 8.29. The molecular formula is C19H23BrN2O3. The molecule has 0 radical (unpaired) electrons. The van der Waals surface area contributed by atoms with Crippen molar-refractivity contribution in [3.8, 4) is 0 Å². The van der Waals surface area contributed by atoms with E-state index in [1.54, 1.807) is 19.2 Å². The van der Waals surface area contributed by atoms with Crippen molar-refractivity contribution >= 4 is 27.8 Å². The van der Waals surface area contributed by atoms with Crippen molar-refractivity contribution in [2.45, 2.75) is 33.1 Å². The third kappa shape index (κ3) is 4.51. The molecule has 0 saturated heterocycles. The number of carboxylic acids is 1. The molecule has 0 spiro atoms. The van der Waals surface area contributed by atoms with Gasteiger partial charge in [0.05, 0.1) is 11.5 Å². The Bertz CT molecular complexity index is 749. The van der Waals surface area contributed by atoms with Crippen molar-refractivity contribution in [1.29, 1.82) is 0 Å². The largest absolute Gasteiger partial charge is 0.478 e. The lowest BCUT2D eigenvalue weighted by atomic mass is 9.88. The monoisotopic (exact) mass is 406 g/mol. The number of nitrogens with one attached hydrogen (secondary N) is 2. The summed E-state index contributed by atoms with van der Waals surface area (Å²) in [4.78, 5) is 23.8. The number of amides is 1. The van der Waals surface area contributed by atoms with Gasteiger partial charge >= 0.3 is 5.97 Å². The van der Waals surface area contributed by atoms with E-state index >= 15 is 0 Å². The minimum absolute atomic E-state index is 0.0764. The molecule has 6 heteroatoms. The highest BCUT2D eigenvalue weighted by Crippen LogP contribution is 2.29. The van der Waals surface area contributed by atoms with E-state index in [4.69, 9.17) is 0 Å². The molecule has 1 aromatic carbocycles. The molecule has 1 unspecified atom stereocenters. The van der Waals surface area contributed by atoms with Gasteiger partial charge in [-0.2, -0.15) is 0 Å². The fourth-order valence-electron chi connectivity index (χ4n) is 3.08. The first-order valence-corrected chi connectivity index (χ1v) is 9.08. The van der Waals surface area contributed by atoms with Crippen LogP contribution in [-0.4, -0.2) is 24.0 Å². The average molecular weight is 407 g/mol. The molecule has 0 aromatic heterocycles. The number of aromatic carboxylic acids is 1. The quantitative estimate of drug-likeness (QED) is 0.648. The van der Waals surface area contributed by atoms with E-state index in [2.05, 4.69) is 33.5 Å². The Hall–Kier alpha value is -2.08. The van der Waals surface area contributed by atoms with Crippen LogP contribution in [-0.2, 0) is 17.6 Å². The van der Waals surface area contributed by atoms with Gasteiger partial charge in [-0.15, -0.1) is 0 Å². The van der Waals surface area contributed by atoms with E-state index in [0.29, 0.717) is 12.2 Å². The zero-order valence-corrected chi connectivity index (χ0v) is 16.2. The summed E-state index contributed by atoms with van der Waals surface area (Å²) in [5.74, 6) is -0.689. The highest BCUT2D eigenvalue weighted by atomic mass is 79.9. The Labute approximate surface area is 156 Å². The molecule has 1 amide bonds. The molecule has 134 valence electrons. The lowest BCUT2D eigenvalue weighted by molar-refractivity contribution is -0.122. The molecule has 0 aliphatic carbocycles. The van der Waals surface area contributed by atoms with Crippen molar-refractivity contribution in [2.24, 2.45) is 5.92 Å². The second kappa shape index (κ2) is 8.34. The summed E-state index contributed by atoms with van der Waals surface area (Å²) in [6.45, 7) is 3.99. The summed E-state index contributed by atoms with van der Waals surface area (Å²) >= 11 is 3.43. The normalized spacial score (nSPS) is 17.7. The summed E-state index contributed by atoms with van der Waals surface area (Å²) in [7, 11) is 1.77. The van der Waals surface area contributed by atoms with Crippen molar-refractivity contribution in [3.63, 3.8) is 0 Å². The second-order valence-corrected chi connectivity index (χ2v) is 7.35. The standard InChI is InChI=1S/C19H23BrN2O3/c1-4-5-12-6-7-13(19(24)25)9-14(12)10-16-15(8-11(2)20)17(21-3)22-18(16)23/h6-9,16,21H,4-5,10H2,1-3H3,(H,22,23)(H,24,25)/b11-8+. The van der Waals surface area contributed by atoms with Crippen LogP contribution in [0.3, 0.4) is 0 Å². The maximum absolute atomic E-state index is 12.5. The predicted octanol–water partition coefficient (Wildman–Crippen LogP) is 3.36. The van der Waals surface area contributed by atoms with Crippen LogP contribution in [0.15, 0.2) is 40.2 Å².